The first-order chi connectivity index (χ1) is 18.5. The zero-order valence-corrected chi connectivity index (χ0v) is 21.5. The summed E-state index contributed by atoms with van der Waals surface area (Å²) in [7, 11) is 0. The molecule has 0 bridgehead atoms. The fourth-order valence-corrected chi connectivity index (χ4v) is 4.23. The number of nitrogens with one attached hydrogen (secondary N) is 1. The summed E-state index contributed by atoms with van der Waals surface area (Å²) in [5, 5.41) is 3.49. The second kappa shape index (κ2) is 13.4. The van der Waals surface area contributed by atoms with E-state index >= 15 is 0 Å². The van der Waals surface area contributed by atoms with Gasteiger partial charge in [0.1, 0.15) is 17.6 Å². The molecule has 4 aromatic carbocycles. The van der Waals surface area contributed by atoms with Gasteiger partial charge in [0, 0.05) is 24.5 Å². The number of ether oxygens (including phenoxy) is 1. The average Bonchev–Trinajstić information content (AvgIpc) is 2.95. The van der Waals surface area contributed by atoms with E-state index in [1.807, 2.05) is 66.7 Å². The van der Waals surface area contributed by atoms with Crippen LogP contribution in [0, 0.1) is 5.82 Å². The number of benzene rings is 4. The van der Waals surface area contributed by atoms with Gasteiger partial charge in [0.05, 0.1) is 0 Å². The molecule has 0 aliphatic carbocycles. The maximum Gasteiger partial charge on any atom is 0.261 e. The monoisotopic (exact) mass is 530 g/mol. The zero-order valence-electron chi connectivity index (χ0n) is 20.7. The molecule has 0 aliphatic heterocycles. The number of amides is 2. The van der Waals surface area contributed by atoms with E-state index in [0.717, 1.165) is 11.1 Å². The van der Waals surface area contributed by atoms with Crippen molar-refractivity contribution in [1.29, 1.82) is 0 Å². The molecule has 0 unspecified atom stereocenters. The predicted octanol–water partition coefficient (Wildman–Crippen LogP) is 5.81. The maximum atomic E-state index is 13.6. The number of carbonyl (C=O) groups excluding carboxylic acids is 2. The molecule has 194 valence electrons. The third kappa shape index (κ3) is 7.67. The lowest BCUT2D eigenvalue weighted by atomic mass is 10.0. The van der Waals surface area contributed by atoms with Crippen molar-refractivity contribution >= 4 is 23.4 Å². The van der Waals surface area contributed by atoms with Crippen LogP contribution in [0.15, 0.2) is 109 Å². The van der Waals surface area contributed by atoms with E-state index in [0.29, 0.717) is 16.3 Å². The lowest BCUT2D eigenvalue weighted by Gasteiger charge is -2.31. The van der Waals surface area contributed by atoms with Gasteiger partial charge in [-0.1, -0.05) is 90.5 Å². The van der Waals surface area contributed by atoms with Crippen molar-refractivity contribution in [2.24, 2.45) is 0 Å². The Kier molecular flexibility index (Phi) is 9.48. The number of para-hydroxylation sites is 1. The van der Waals surface area contributed by atoms with Gasteiger partial charge >= 0.3 is 0 Å². The van der Waals surface area contributed by atoms with Gasteiger partial charge in [-0.15, -0.1) is 0 Å². The minimum absolute atomic E-state index is 0.105. The Balaban J connectivity index is 1.61. The Morgan fingerprint density at radius 1 is 0.816 bits per heavy atom. The van der Waals surface area contributed by atoms with Crippen molar-refractivity contribution in [2.45, 2.75) is 25.6 Å². The summed E-state index contributed by atoms with van der Waals surface area (Å²) in [5.74, 6) is -0.529. The van der Waals surface area contributed by atoms with E-state index in [4.69, 9.17) is 16.3 Å². The van der Waals surface area contributed by atoms with Crippen molar-refractivity contribution in [3.8, 4) is 5.75 Å². The highest BCUT2D eigenvalue weighted by Crippen LogP contribution is 2.18. The van der Waals surface area contributed by atoms with Gasteiger partial charge in [-0.05, 0) is 47.0 Å². The van der Waals surface area contributed by atoms with Crippen LogP contribution in [0.4, 0.5) is 4.39 Å². The van der Waals surface area contributed by atoms with Crippen LogP contribution in [0.3, 0.4) is 0 Å². The molecule has 4 aromatic rings. The first-order valence-electron chi connectivity index (χ1n) is 12.3. The van der Waals surface area contributed by atoms with Gasteiger partial charge in [0.2, 0.25) is 5.91 Å². The molecule has 4 rings (SSSR count). The molecule has 7 heteroatoms. The van der Waals surface area contributed by atoms with Gasteiger partial charge in [-0.2, -0.15) is 0 Å². The minimum Gasteiger partial charge on any atom is -0.484 e. The summed E-state index contributed by atoms with van der Waals surface area (Å²) >= 11 is 6.29. The second-order valence-electron chi connectivity index (χ2n) is 8.76. The molecule has 0 radical (unpaired) electrons. The molecular weight excluding hydrogens is 503 g/mol. The molecule has 0 heterocycles. The molecule has 5 nitrogen and oxygen atoms in total. The standard InChI is InChI=1S/C31H28ClFN2O3/c32-28-14-8-7-11-25(28)20-34-31(37)29(19-23-9-3-1-4-10-23)35(21-24-15-17-26(33)18-16-24)30(36)22-38-27-12-5-2-6-13-27/h1-18,29H,19-22H2,(H,34,37)/t29-/m0/s1. The molecule has 0 spiro atoms. The number of hydrogen-bond acceptors (Lipinski definition) is 3. The van der Waals surface area contributed by atoms with Crippen LogP contribution >= 0.6 is 11.6 Å². The predicted molar refractivity (Wildman–Crippen MR) is 146 cm³/mol. The summed E-state index contributed by atoms with van der Waals surface area (Å²) in [5.41, 5.74) is 2.35. The van der Waals surface area contributed by atoms with Crippen LogP contribution in [0.5, 0.6) is 5.75 Å². The highest BCUT2D eigenvalue weighted by Gasteiger charge is 2.30. The summed E-state index contributed by atoms with van der Waals surface area (Å²) in [6.45, 7) is 0.0610. The van der Waals surface area contributed by atoms with Gasteiger partial charge in [0.25, 0.3) is 5.91 Å². The van der Waals surface area contributed by atoms with Crippen molar-refractivity contribution in [3.63, 3.8) is 0 Å². The SMILES string of the molecule is O=C(NCc1ccccc1Cl)[C@H](Cc1ccccc1)N(Cc1ccc(F)cc1)C(=O)COc1ccccc1. The maximum absolute atomic E-state index is 13.6. The Hall–Kier alpha value is -4.16. The van der Waals surface area contributed by atoms with Crippen molar-refractivity contribution in [3.05, 3.63) is 137 Å². The third-order valence-corrected chi connectivity index (χ3v) is 6.42. The molecule has 1 atom stereocenters. The Labute approximate surface area is 226 Å². The minimum atomic E-state index is -0.850. The normalized spacial score (nSPS) is 11.4. The molecule has 1 N–H and O–H groups in total. The molecule has 0 saturated carbocycles. The van der Waals surface area contributed by atoms with Gasteiger partial charge in [-0.3, -0.25) is 9.59 Å². The van der Waals surface area contributed by atoms with Crippen molar-refractivity contribution in [1.82, 2.24) is 10.2 Å². The Bertz CT molecular complexity index is 1330. The van der Waals surface area contributed by atoms with Crippen LogP contribution in [0.2, 0.25) is 5.02 Å². The van der Waals surface area contributed by atoms with Crippen molar-refractivity contribution < 1.29 is 18.7 Å². The third-order valence-electron chi connectivity index (χ3n) is 6.05. The summed E-state index contributed by atoms with van der Waals surface area (Å²) in [6, 6.07) is 30.8. The van der Waals surface area contributed by atoms with E-state index in [9.17, 15) is 14.0 Å². The lowest BCUT2D eigenvalue weighted by Crippen LogP contribution is -2.51. The van der Waals surface area contributed by atoms with E-state index in [1.165, 1.54) is 17.0 Å². The Morgan fingerprint density at radius 2 is 1.45 bits per heavy atom. The van der Waals surface area contributed by atoms with Crippen LogP contribution in [0.1, 0.15) is 16.7 Å². The summed E-state index contributed by atoms with van der Waals surface area (Å²) < 4.78 is 19.3. The number of halogens is 2. The molecule has 0 saturated heterocycles. The van der Waals surface area contributed by atoms with E-state index in [2.05, 4.69) is 5.32 Å². The molecule has 38 heavy (non-hydrogen) atoms. The van der Waals surface area contributed by atoms with Crippen LogP contribution in [-0.4, -0.2) is 29.4 Å². The van der Waals surface area contributed by atoms with Gasteiger partial charge in [-0.25, -0.2) is 4.39 Å². The van der Waals surface area contributed by atoms with Gasteiger partial charge in [0.15, 0.2) is 6.61 Å². The van der Waals surface area contributed by atoms with Crippen LogP contribution in [-0.2, 0) is 29.1 Å². The number of carbonyl (C=O) groups is 2. The number of hydrogen-bond donors (Lipinski definition) is 1. The topological polar surface area (TPSA) is 58.6 Å². The first-order valence-corrected chi connectivity index (χ1v) is 12.6. The fourth-order valence-electron chi connectivity index (χ4n) is 4.03. The van der Waals surface area contributed by atoms with Gasteiger partial charge < -0.3 is 15.0 Å². The summed E-state index contributed by atoms with van der Waals surface area (Å²) in [4.78, 5) is 28.7. The van der Waals surface area contributed by atoms with E-state index < -0.39 is 6.04 Å². The molecule has 0 fully saturated rings. The Morgan fingerprint density at radius 3 is 2.13 bits per heavy atom. The quantitative estimate of drug-likeness (QED) is 0.266. The fraction of sp³-hybridized carbons (Fsp3) is 0.161. The average molecular weight is 531 g/mol. The van der Waals surface area contributed by atoms with Crippen LogP contribution < -0.4 is 10.1 Å². The van der Waals surface area contributed by atoms with E-state index in [1.54, 1.807) is 30.3 Å². The number of nitrogens with zero attached hydrogens (tertiary/aromatic N) is 1. The smallest absolute Gasteiger partial charge is 0.261 e. The van der Waals surface area contributed by atoms with Crippen LogP contribution in [0.25, 0.3) is 0 Å². The summed E-state index contributed by atoms with van der Waals surface area (Å²) in [6.07, 6.45) is 0.285. The lowest BCUT2D eigenvalue weighted by molar-refractivity contribution is -0.142. The highest BCUT2D eigenvalue weighted by molar-refractivity contribution is 6.31. The second-order valence-corrected chi connectivity index (χ2v) is 9.17. The molecular formula is C31H28ClFN2O3. The van der Waals surface area contributed by atoms with Crippen molar-refractivity contribution in [2.75, 3.05) is 6.61 Å². The van der Waals surface area contributed by atoms with E-state index in [-0.39, 0.29) is 43.7 Å². The highest BCUT2D eigenvalue weighted by atomic mass is 35.5. The molecule has 0 aromatic heterocycles. The zero-order chi connectivity index (χ0) is 26.7. The number of rotatable bonds is 11. The molecule has 0 aliphatic rings. The first kappa shape index (κ1) is 26.9. The molecule has 2 amide bonds. The largest absolute Gasteiger partial charge is 0.484 e.